The molecule has 0 aliphatic rings. The molecular formula is C17H28O4. The number of methoxy groups -OCH3 is 1. The zero-order valence-electron chi connectivity index (χ0n) is 13.4. The SMILES string of the molecule is CCc1ccc(C(O)C(C)OCCOCCCOC)cc1. The van der Waals surface area contributed by atoms with Crippen molar-refractivity contribution in [3.05, 3.63) is 35.4 Å². The first kappa shape index (κ1) is 18.1. The highest BCUT2D eigenvalue weighted by Crippen LogP contribution is 2.19. The van der Waals surface area contributed by atoms with E-state index >= 15 is 0 Å². The minimum atomic E-state index is -0.607. The molecule has 1 aromatic rings. The second-order valence-electron chi connectivity index (χ2n) is 5.07. The number of rotatable bonds is 11. The lowest BCUT2D eigenvalue weighted by Crippen LogP contribution is -2.21. The fraction of sp³-hybridized carbons (Fsp3) is 0.647. The van der Waals surface area contributed by atoms with Crippen molar-refractivity contribution in [1.29, 1.82) is 0 Å². The normalized spacial score (nSPS) is 14.1. The second-order valence-corrected chi connectivity index (χ2v) is 5.07. The van der Waals surface area contributed by atoms with E-state index < -0.39 is 6.10 Å². The van der Waals surface area contributed by atoms with Crippen LogP contribution in [0.5, 0.6) is 0 Å². The minimum absolute atomic E-state index is 0.250. The van der Waals surface area contributed by atoms with Gasteiger partial charge < -0.3 is 19.3 Å². The third-order valence-corrected chi connectivity index (χ3v) is 3.42. The Morgan fingerprint density at radius 1 is 1.05 bits per heavy atom. The van der Waals surface area contributed by atoms with Crippen molar-refractivity contribution in [2.75, 3.05) is 33.5 Å². The van der Waals surface area contributed by atoms with Crippen LogP contribution in [0.15, 0.2) is 24.3 Å². The molecule has 0 aromatic heterocycles. The summed E-state index contributed by atoms with van der Waals surface area (Å²) in [6, 6.07) is 8.02. The summed E-state index contributed by atoms with van der Waals surface area (Å²) in [6.45, 7) is 6.40. The van der Waals surface area contributed by atoms with Crippen molar-refractivity contribution in [2.45, 2.75) is 38.9 Å². The third-order valence-electron chi connectivity index (χ3n) is 3.42. The van der Waals surface area contributed by atoms with Gasteiger partial charge in [-0.25, -0.2) is 0 Å². The van der Waals surface area contributed by atoms with E-state index in [4.69, 9.17) is 14.2 Å². The fourth-order valence-corrected chi connectivity index (χ4v) is 2.01. The van der Waals surface area contributed by atoms with Crippen molar-refractivity contribution >= 4 is 0 Å². The molecule has 0 saturated carbocycles. The van der Waals surface area contributed by atoms with Gasteiger partial charge >= 0.3 is 0 Å². The molecule has 0 spiro atoms. The zero-order chi connectivity index (χ0) is 15.5. The Hall–Kier alpha value is -0.940. The van der Waals surface area contributed by atoms with Gasteiger partial charge in [-0.1, -0.05) is 31.2 Å². The van der Waals surface area contributed by atoms with Crippen LogP contribution in [0.25, 0.3) is 0 Å². The Balaban J connectivity index is 2.22. The van der Waals surface area contributed by atoms with Gasteiger partial charge in [0.15, 0.2) is 0 Å². The van der Waals surface area contributed by atoms with Crippen LogP contribution in [-0.2, 0) is 20.6 Å². The van der Waals surface area contributed by atoms with Gasteiger partial charge in [0, 0.05) is 20.3 Å². The maximum absolute atomic E-state index is 10.2. The van der Waals surface area contributed by atoms with E-state index in [2.05, 4.69) is 6.92 Å². The summed E-state index contributed by atoms with van der Waals surface area (Å²) in [4.78, 5) is 0. The monoisotopic (exact) mass is 296 g/mol. The van der Waals surface area contributed by atoms with Crippen LogP contribution in [-0.4, -0.2) is 44.7 Å². The highest BCUT2D eigenvalue weighted by molar-refractivity contribution is 5.24. The molecule has 0 fully saturated rings. The van der Waals surface area contributed by atoms with Crippen LogP contribution in [0.3, 0.4) is 0 Å². The summed E-state index contributed by atoms with van der Waals surface area (Å²) in [5.41, 5.74) is 2.16. The topological polar surface area (TPSA) is 47.9 Å². The largest absolute Gasteiger partial charge is 0.386 e. The van der Waals surface area contributed by atoms with Gasteiger partial charge in [0.05, 0.1) is 19.3 Å². The lowest BCUT2D eigenvalue weighted by molar-refractivity contribution is -0.0492. The van der Waals surface area contributed by atoms with Gasteiger partial charge in [0.25, 0.3) is 0 Å². The number of hydrogen-bond donors (Lipinski definition) is 1. The highest BCUT2D eigenvalue weighted by atomic mass is 16.5. The van der Waals surface area contributed by atoms with Gasteiger partial charge in [0.2, 0.25) is 0 Å². The number of hydrogen-bond acceptors (Lipinski definition) is 4. The third kappa shape index (κ3) is 7.05. The van der Waals surface area contributed by atoms with E-state index in [-0.39, 0.29) is 6.10 Å². The summed E-state index contributed by atoms with van der Waals surface area (Å²) < 4.78 is 16.0. The van der Waals surface area contributed by atoms with Gasteiger partial charge in [-0.3, -0.25) is 0 Å². The molecule has 120 valence electrons. The molecule has 4 nitrogen and oxygen atoms in total. The maximum atomic E-state index is 10.2. The number of aryl methyl sites for hydroxylation is 1. The number of benzene rings is 1. The fourth-order valence-electron chi connectivity index (χ4n) is 2.01. The molecule has 0 saturated heterocycles. The molecule has 0 heterocycles. The van der Waals surface area contributed by atoms with Gasteiger partial charge in [-0.2, -0.15) is 0 Å². The highest BCUT2D eigenvalue weighted by Gasteiger charge is 2.16. The number of aliphatic hydroxyl groups excluding tert-OH is 1. The Morgan fingerprint density at radius 2 is 1.76 bits per heavy atom. The summed E-state index contributed by atoms with van der Waals surface area (Å²) in [7, 11) is 1.68. The maximum Gasteiger partial charge on any atom is 0.105 e. The van der Waals surface area contributed by atoms with Gasteiger partial charge in [0.1, 0.15) is 6.10 Å². The summed E-state index contributed by atoms with van der Waals surface area (Å²) in [6.07, 6.45) is 1.03. The summed E-state index contributed by atoms with van der Waals surface area (Å²) >= 11 is 0. The van der Waals surface area contributed by atoms with Crippen molar-refractivity contribution in [2.24, 2.45) is 0 Å². The first-order chi connectivity index (χ1) is 10.2. The Labute approximate surface area is 128 Å². The first-order valence-electron chi connectivity index (χ1n) is 7.64. The van der Waals surface area contributed by atoms with E-state index in [0.717, 1.165) is 18.4 Å². The molecule has 4 heteroatoms. The molecule has 1 N–H and O–H groups in total. The summed E-state index contributed by atoms with van der Waals surface area (Å²) in [5.74, 6) is 0. The smallest absolute Gasteiger partial charge is 0.105 e. The minimum Gasteiger partial charge on any atom is -0.386 e. The molecule has 2 atom stereocenters. The van der Waals surface area contributed by atoms with Gasteiger partial charge in [-0.15, -0.1) is 0 Å². The molecule has 0 aliphatic carbocycles. The van der Waals surface area contributed by atoms with Crippen LogP contribution in [0.1, 0.15) is 37.5 Å². The molecule has 0 aliphatic heterocycles. The first-order valence-corrected chi connectivity index (χ1v) is 7.64. The Kier molecular flexibility index (Phi) is 9.26. The summed E-state index contributed by atoms with van der Waals surface area (Å²) in [5, 5.41) is 10.2. The van der Waals surface area contributed by atoms with E-state index in [1.165, 1.54) is 5.56 Å². The van der Waals surface area contributed by atoms with Gasteiger partial charge in [-0.05, 0) is 30.9 Å². The average molecular weight is 296 g/mol. The molecule has 1 rings (SSSR count). The molecule has 1 aromatic carbocycles. The van der Waals surface area contributed by atoms with Crippen molar-refractivity contribution in [3.8, 4) is 0 Å². The quantitative estimate of drug-likeness (QED) is 0.638. The molecular weight excluding hydrogens is 268 g/mol. The molecule has 0 amide bonds. The molecule has 0 bridgehead atoms. The molecule has 0 radical (unpaired) electrons. The van der Waals surface area contributed by atoms with Crippen molar-refractivity contribution in [1.82, 2.24) is 0 Å². The van der Waals surface area contributed by atoms with E-state index in [9.17, 15) is 5.11 Å². The van der Waals surface area contributed by atoms with Crippen LogP contribution in [0.4, 0.5) is 0 Å². The van der Waals surface area contributed by atoms with E-state index in [1.807, 2.05) is 31.2 Å². The zero-order valence-corrected chi connectivity index (χ0v) is 13.4. The van der Waals surface area contributed by atoms with Crippen molar-refractivity contribution < 1.29 is 19.3 Å². The van der Waals surface area contributed by atoms with Crippen LogP contribution in [0, 0.1) is 0 Å². The Bertz CT molecular complexity index is 364. The molecule has 21 heavy (non-hydrogen) atoms. The average Bonchev–Trinajstić information content (AvgIpc) is 2.53. The number of aliphatic hydroxyl groups is 1. The van der Waals surface area contributed by atoms with Crippen molar-refractivity contribution in [3.63, 3.8) is 0 Å². The standard InChI is InChI=1S/C17H28O4/c1-4-15-6-8-16(9-7-15)17(18)14(2)21-13-12-20-11-5-10-19-3/h6-9,14,17-18H,4-5,10-13H2,1-3H3. The Morgan fingerprint density at radius 3 is 2.38 bits per heavy atom. The number of ether oxygens (including phenoxy) is 3. The lowest BCUT2D eigenvalue weighted by Gasteiger charge is -2.20. The molecule has 2 unspecified atom stereocenters. The second kappa shape index (κ2) is 10.7. The van der Waals surface area contributed by atoms with Crippen LogP contribution >= 0.6 is 0 Å². The predicted octanol–water partition coefficient (Wildman–Crippen LogP) is 2.74. The predicted molar refractivity (Wildman–Crippen MR) is 83.5 cm³/mol. The van der Waals surface area contributed by atoms with E-state index in [1.54, 1.807) is 7.11 Å². The lowest BCUT2D eigenvalue weighted by atomic mass is 10.0. The van der Waals surface area contributed by atoms with E-state index in [0.29, 0.717) is 26.4 Å². The van der Waals surface area contributed by atoms with Crippen LogP contribution in [0.2, 0.25) is 0 Å². The van der Waals surface area contributed by atoms with Crippen LogP contribution < -0.4 is 0 Å².